The molecule has 1 heterocycles. The molecule has 0 aliphatic rings. The van der Waals surface area contributed by atoms with Crippen LogP contribution in [-0.4, -0.2) is 30.0 Å². The minimum absolute atomic E-state index is 0.124. The monoisotopic (exact) mass is 422 g/mol. The molecule has 0 saturated carbocycles. The molecule has 1 amide bonds. The fourth-order valence-electron chi connectivity index (χ4n) is 3.00. The molecule has 1 aromatic heterocycles. The Hall–Kier alpha value is -3.31. The second-order valence-corrected chi connectivity index (χ2v) is 7.00. The largest absolute Gasteiger partial charge is 0.493 e. The van der Waals surface area contributed by atoms with E-state index in [4.69, 9.17) is 21.1 Å². The van der Waals surface area contributed by atoms with Crippen molar-refractivity contribution in [3.05, 3.63) is 94.8 Å². The lowest BCUT2D eigenvalue weighted by Crippen LogP contribution is -2.28. The molecule has 0 spiro atoms. The minimum atomic E-state index is -0.124. The van der Waals surface area contributed by atoms with Crippen molar-refractivity contribution in [1.82, 2.24) is 9.88 Å². The van der Waals surface area contributed by atoms with E-state index in [2.05, 4.69) is 4.98 Å². The van der Waals surface area contributed by atoms with Crippen LogP contribution in [0.4, 0.5) is 0 Å². The van der Waals surface area contributed by atoms with Crippen LogP contribution in [-0.2, 0) is 17.9 Å². The molecule has 5 nitrogen and oxygen atoms in total. The van der Waals surface area contributed by atoms with Gasteiger partial charge < -0.3 is 14.4 Å². The molecule has 3 rings (SSSR count). The van der Waals surface area contributed by atoms with Gasteiger partial charge in [-0.15, -0.1) is 0 Å². The molecule has 0 fully saturated rings. The number of carbonyl (C=O) groups excluding carboxylic acids is 1. The molecule has 154 valence electrons. The van der Waals surface area contributed by atoms with Crippen molar-refractivity contribution in [3.8, 4) is 11.5 Å². The Morgan fingerprint density at radius 2 is 1.67 bits per heavy atom. The summed E-state index contributed by atoms with van der Waals surface area (Å²) in [4.78, 5) is 18.8. The van der Waals surface area contributed by atoms with E-state index in [1.54, 1.807) is 49.7 Å². The molecule has 0 atom stereocenters. The van der Waals surface area contributed by atoms with Crippen molar-refractivity contribution in [3.63, 3.8) is 0 Å². The molecule has 2 aromatic carbocycles. The quantitative estimate of drug-likeness (QED) is 0.479. The Morgan fingerprint density at radius 3 is 2.37 bits per heavy atom. The summed E-state index contributed by atoms with van der Waals surface area (Å²) in [5.74, 6) is 1.14. The summed E-state index contributed by atoms with van der Waals surface area (Å²) in [6, 6.07) is 16.8. The van der Waals surface area contributed by atoms with Crippen LogP contribution < -0.4 is 9.47 Å². The van der Waals surface area contributed by atoms with Crippen LogP contribution in [0.2, 0.25) is 5.02 Å². The molecular formula is C24H23ClN2O3. The van der Waals surface area contributed by atoms with Crippen LogP contribution in [0.25, 0.3) is 6.08 Å². The molecule has 6 heteroatoms. The summed E-state index contributed by atoms with van der Waals surface area (Å²) in [6.45, 7) is 0.858. The van der Waals surface area contributed by atoms with E-state index >= 15 is 0 Å². The van der Waals surface area contributed by atoms with Gasteiger partial charge in [-0.25, -0.2) is 0 Å². The number of halogens is 1. The summed E-state index contributed by atoms with van der Waals surface area (Å²) in [5, 5.41) is 0.599. The predicted octanol–water partition coefficient (Wildman–Crippen LogP) is 4.99. The van der Waals surface area contributed by atoms with Crippen molar-refractivity contribution in [2.24, 2.45) is 0 Å². The van der Waals surface area contributed by atoms with Crippen LogP contribution in [0.1, 0.15) is 16.7 Å². The summed E-state index contributed by atoms with van der Waals surface area (Å²) < 4.78 is 10.7. The molecule has 0 aliphatic carbocycles. The van der Waals surface area contributed by atoms with Gasteiger partial charge in [0.2, 0.25) is 5.91 Å². The third-order valence-corrected chi connectivity index (χ3v) is 4.91. The lowest BCUT2D eigenvalue weighted by Gasteiger charge is -2.22. The zero-order valence-electron chi connectivity index (χ0n) is 16.9. The number of nitrogens with zero attached hydrogens (tertiary/aromatic N) is 2. The zero-order chi connectivity index (χ0) is 21.3. The van der Waals surface area contributed by atoms with Gasteiger partial charge in [-0.1, -0.05) is 35.9 Å². The molecule has 0 N–H and O–H groups in total. The first-order chi connectivity index (χ1) is 14.6. The first-order valence-electron chi connectivity index (χ1n) is 9.42. The number of amides is 1. The second-order valence-electron chi connectivity index (χ2n) is 6.59. The summed E-state index contributed by atoms with van der Waals surface area (Å²) in [6.07, 6.45) is 6.71. The lowest BCUT2D eigenvalue weighted by molar-refractivity contribution is -0.127. The van der Waals surface area contributed by atoms with Crippen molar-refractivity contribution >= 4 is 23.6 Å². The number of aromatic nitrogens is 1. The third-order valence-electron chi connectivity index (χ3n) is 4.57. The number of hydrogen-bond acceptors (Lipinski definition) is 4. The molecular weight excluding hydrogens is 400 g/mol. The van der Waals surface area contributed by atoms with E-state index in [-0.39, 0.29) is 5.91 Å². The normalized spacial score (nSPS) is 10.8. The van der Waals surface area contributed by atoms with Gasteiger partial charge in [-0.3, -0.25) is 9.78 Å². The van der Waals surface area contributed by atoms with Gasteiger partial charge in [-0.2, -0.15) is 0 Å². The van der Waals surface area contributed by atoms with Gasteiger partial charge >= 0.3 is 0 Å². The maximum absolute atomic E-state index is 13.0. The average molecular weight is 423 g/mol. The maximum Gasteiger partial charge on any atom is 0.247 e. The van der Waals surface area contributed by atoms with E-state index in [0.29, 0.717) is 29.6 Å². The number of rotatable bonds is 8. The Bertz CT molecular complexity index is 1020. The van der Waals surface area contributed by atoms with Crippen molar-refractivity contribution < 1.29 is 14.3 Å². The highest BCUT2D eigenvalue weighted by molar-refractivity contribution is 6.32. The van der Waals surface area contributed by atoms with Crippen LogP contribution in [0.3, 0.4) is 0 Å². The van der Waals surface area contributed by atoms with E-state index in [1.165, 1.54) is 0 Å². The topological polar surface area (TPSA) is 51.7 Å². The second kappa shape index (κ2) is 10.5. The number of ether oxygens (including phenoxy) is 2. The van der Waals surface area contributed by atoms with E-state index in [9.17, 15) is 4.79 Å². The lowest BCUT2D eigenvalue weighted by atomic mass is 10.1. The van der Waals surface area contributed by atoms with Gasteiger partial charge in [0, 0.05) is 36.6 Å². The number of hydrogen-bond donors (Lipinski definition) is 0. The molecule has 30 heavy (non-hydrogen) atoms. The van der Waals surface area contributed by atoms with Gasteiger partial charge in [0.15, 0.2) is 11.5 Å². The zero-order valence-corrected chi connectivity index (χ0v) is 17.7. The molecule has 0 unspecified atom stereocenters. The van der Waals surface area contributed by atoms with Crippen molar-refractivity contribution in [2.75, 3.05) is 14.2 Å². The van der Waals surface area contributed by atoms with Crippen molar-refractivity contribution in [1.29, 1.82) is 0 Å². The standard InChI is InChI=1S/C24H23ClN2O3/c1-29-22-9-7-19(15-23(22)30-2)17-27(16-18-11-13-26-14-12-18)24(28)10-8-20-5-3-4-6-21(20)25/h3-15H,16-17H2,1-2H3/b10-8+. The molecule has 0 aliphatic heterocycles. The van der Waals surface area contributed by atoms with Crippen LogP contribution >= 0.6 is 11.6 Å². The van der Waals surface area contributed by atoms with Gasteiger partial charge in [0.05, 0.1) is 14.2 Å². The number of carbonyl (C=O) groups is 1. The number of pyridine rings is 1. The minimum Gasteiger partial charge on any atom is -0.493 e. The Labute approximate surface area is 181 Å². The molecule has 0 bridgehead atoms. The van der Waals surface area contributed by atoms with Gasteiger partial charge in [-0.05, 0) is 53.1 Å². The Kier molecular flexibility index (Phi) is 7.46. The first-order valence-corrected chi connectivity index (χ1v) is 9.80. The van der Waals surface area contributed by atoms with Crippen LogP contribution in [0.5, 0.6) is 11.5 Å². The van der Waals surface area contributed by atoms with E-state index in [1.807, 2.05) is 48.5 Å². The van der Waals surface area contributed by atoms with E-state index in [0.717, 1.165) is 16.7 Å². The fraction of sp³-hybridized carbons (Fsp3) is 0.167. The number of benzene rings is 2. The van der Waals surface area contributed by atoms with E-state index < -0.39 is 0 Å². The average Bonchev–Trinajstić information content (AvgIpc) is 2.78. The van der Waals surface area contributed by atoms with Gasteiger partial charge in [0.1, 0.15) is 0 Å². The molecule has 3 aromatic rings. The maximum atomic E-state index is 13.0. The summed E-state index contributed by atoms with van der Waals surface area (Å²) >= 11 is 6.20. The summed E-state index contributed by atoms with van der Waals surface area (Å²) in [5.41, 5.74) is 2.72. The Balaban J connectivity index is 1.84. The fourth-order valence-corrected chi connectivity index (χ4v) is 3.20. The number of methoxy groups -OCH3 is 2. The highest BCUT2D eigenvalue weighted by Gasteiger charge is 2.14. The van der Waals surface area contributed by atoms with Crippen LogP contribution in [0, 0.1) is 0 Å². The highest BCUT2D eigenvalue weighted by Crippen LogP contribution is 2.28. The third kappa shape index (κ3) is 5.61. The Morgan fingerprint density at radius 1 is 0.967 bits per heavy atom. The first kappa shape index (κ1) is 21.4. The molecule has 0 radical (unpaired) electrons. The van der Waals surface area contributed by atoms with Crippen LogP contribution in [0.15, 0.2) is 73.1 Å². The van der Waals surface area contributed by atoms with Gasteiger partial charge in [0.25, 0.3) is 0 Å². The smallest absolute Gasteiger partial charge is 0.247 e. The molecule has 0 saturated heterocycles. The SMILES string of the molecule is COc1ccc(CN(Cc2ccncc2)C(=O)/C=C/c2ccccc2Cl)cc1OC. The van der Waals surface area contributed by atoms with Crippen molar-refractivity contribution in [2.45, 2.75) is 13.1 Å². The predicted molar refractivity (Wildman–Crippen MR) is 119 cm³/mol. The summed E-state index contributed by atoms with van der Waals surface area (Å²) in [7, 11) is 3.18. The highest BCUT2D eigenvalue weighted by atomic mass is 35.5.